The second kappa shape index (κ2) is 9.35. The van der Waals surface area contributed by atoms with Crippen LogP contribution >= 0.6 is 22.7 Å². The zero-order chi connectivity index (χ0) is 22.7. The molecule has 0 aromatic carbocycles. The van der Waals surface area contributed by atoms with Crippen LogP contribution in [0.25, 0.3) is 12.2 Å². The third kappa shape index (κ3) is 4.81. The Hall–Kier alpha value is -2.83. The third-order valence-electron chi connectivity index (χ3n) is 4.60. The number of sulfone groups is 1. The molecule has 0 bridgehead atoms. The van der Waals surface area contributed by atoms with E-state index in [1.54, 1.807) is 13.0 Å². The van der Waals surface area contributed by atoms with E-state index in [4.69, 9.17) is 9.15 Å². The largest absolute Gasteiger partial charge is 0.462 e. The average molecular weight is 494 g/mol. The normalized spacial score (nSPS) is 13.4. The molecular formula is C20H19N3O6S3. The fraction of sp³-hybridized carbons (Fsp3) is 0.300. The lowest BCUT2D eigenvalue weighted by molar-refractivity contribution is -0.113. The maximum Gasteiger partial charge on any atom is 0.341 e. The molecule has 3 aromatic rings. The number of carbonyl (C=O) groups excluding carboxylic acids is 2. The van der Waals surface area contributed by atoms with Gasteiger partial charge in [-0.1, -0.05) is 11.2 Å². The van der Waals surface area contributed by atoms with Gasteiger partial charge in [-0.25, -0.2) is 13.2 Å². The number of anilines is 1. The Balaban J connectivity index is 1.47. The summed E-state index contributed by atoms with van der Waals surface area (Å²) in [7, 11) is -4.16. The molecule has 0 spiro atoms. The quantitative estimate of drug-likeness (QED) is 0.473. The van der Waals surface area contributed by atoms with Gasteiger partial charge in [-0.3, -0.25) is 4.79 Å². The fourth-order valence-electron chi connectivity index (χ4n) is 3.26. The van der Waals surface area contributed by atoms with Crippen LogP contribution in [0.5, 0.6) is 0 Å². The van der Waals surface area contributed by atoms with Crippen molar-refractivity contribution in [2.75, 3.05) is 17.7 Å². The Bertz CT molecular complexity index is 1270. The van der Waals surface area contributed by atoms with E-state index in [0.29, 0.717) is 10.6 Å². The van der Waals surface area contributed by atoms with Gasteiger partial charge in [0.05, 0.1) is 12.2 Å². The summed E-state index contributed by atoms with van der Waals surface area (Å²) in [6.45, 7) is 1.90. The van der Waals surface area contributed by atoms with E-state index in [-0.39, 0.29) is 12.5 Å². The Kier molecular flexibility index (Phi) is 6.53. The fourth-order valence-corrected chi connectivity index (χ4v) is 6.09. The number of rotatable bonds is 8. The summed E-state index contributed by atoms with van der Waals surface area (Å²) in [6.07, 6.45) is 5.67. The molecule has 168 valence electrons. The van der Waals surface area contributed by atoms with Crippen LogP contribution in [0.15, 0.2) is 27.2 Å². The maximum absolute atomic E-state index is 12.6. The molecule has 0 unspecified atom stereocenters. The number of esters is 1. The van der Waals surface area contributed by atoms with Crippen molar-refractivity contribution in [1.29, 1.82) is 0 Å². The lowest BCUT2D eigenvalue weighted by Crippen LogP contribution is -2.24. The zero-order valence-electron chi connectivity index (χ0n) is 17.0. The van der Waals surface area contributed by atoms with E-state index in [0.717, 1.165) is 34.6 Å². The van der Waals surface area contributed by atoms with Gasteiger partial charge in [-0.2, -0.15) is 0 Å². The first-order valence-corrected chi connectivity index (χ1v) is 13.1. The highest BCUT2D eigenvalue weighted by molar-refractivity contribution is 7.91. The second-order valence-electron chi connectivity index (χ2n) is 6.84. The number of hydrogen-bond donors (Lipinski definition) is 1. The number of nitrogens with one attached hydrogen (secondary N) is 1. The van der Waals surface area contributed by atoms with Gasteiger partial charge in [0, 0.05) is 15.8 Å². The maximum atomic E-state index is 12.6. The number of aromatic nitrogens is 2. The summed E-state index contributed by atoms with van der Waals surface area (Å²) in [5.74, 6) is -2.21. The standard InChI is InChI=1S/C20H19N3O6S3/c1-2-28-19(25)17-13-6-3-7-14(13)31-18(17)21-15(24)11-32(26,27)20-23-22-16(29-20)9-8-12-5-4-10-30-12/h4-5,8-10H,2-3,6-7,11H2,1H3,(H,21,24). The summed E-state index contributed by atoms with van der Waals surface area (Å²) in [5.41, 5.74) is 1.18. The lowest BCUT2D eigenvalue weighted by atomic mass is 10.1. The summed E-state index contributed by atoms with van der Waals surface area (Å²) >= 11 is 2.77. The van der Waals surface area contributed by atoms with Gasteiger partial charge in [-0.05, 0) is 49.3 Å². The van der Waals surface area contributed by atoms with Crippen molar-refractivity contribution < 1.29 is 27.2 Å². The molecular weight excluding hydrogens is 474 g/mol. The molecule has 3 heterocycles. The highest BCUT2D eigenvalue weighted by Crippen LogP contribution is 2.39. The third-order valence-corrected chi connectivity index (χ3v) is 7.98. The number of ether oxygens (including phenoxy) is 1. The Labute approximate surface area is 192 Å². The average Bonchev–Trinajstić information content (AvgIpc) is 3.50. The molecule has 0 saturated carbocycles. The monoisotopic (exact) mass is 493 g/mol. The Morgan fingerprint density at radius 3 is 2.88 bits per heavy atom. The minimum Gasteiger partial charge on any atom is -0.462 e. The molecule has 12 heteroatoms. The molecule has 0 aliphatic heterocycles. The van der Waals surface area contributed by atoms with Crippen LogP contribution in [-0.2, 0) is 32.2 Å². The first-order chi connectivity index (χ1) is 15.4. The van der Waals surface area contributed by atoms with Gasteiger partial charge >= 0.3 is 11.2 Å². The van der Waals surface area contributed by atoms with Gasteiger partial charge < -0.3 is 14.5 Å². The van der Waals surface area contributed by atoms with Crippen LogP contribution in [-0.4, -0.2) is 42.9 Å². The zero-order valence-corrected chi connectivity index (χ0v) is 19.4. The van der Waals surface area contributed by atoms with Crippen LogP contribution in [0.4, 0.5) is 5.00 Å². The van der Waals surface area contributed by atoms with Gasteiger partial charge in [0.2, 0.25) is 21.6 Å². The molecule has 32 heavy (non-hydrogen) atoms. The summed E-state index contributed by atoms with van der Waals surface area (Å²) in [6, 6.07) is 3.76. The molecule has 9 nitrogen and oxygen atoms in total. The van der Waals surface area contributed by atoms with Crippen molar-refractivity contribution in [3.8, 4) is 0 Å². The van der Waals surface area contributed by atoms with Crippen molar-refractivity contribution in [3.63, 3.8) is 0 Å². The molecule has 1 aliphatic carbocycles. The van der Waals surface area contributed by atoms with Gasteiger partial charge in [-0.15, -0.1) is 27.8 Å². The Morgan fingerprint density at radius 1 is 1.28 bits per heavy atom. The van der Waals surface area contributed by atoms with Crippen LogP contribution in [0.3, 0.4) is 0 Å². The molecule has 0 radical (unpaired) electrons. The van der Waals surface area contributed by atoms with Gasteiger partial charge in [0.1, 0.15) is 10.8 Å². The molecule has 0 saturated heterocycles. The lowest BCUT2D eigenvalue weighted by Gasteiger charge is -2.07. The highest BCUT2D eigenvalue weighted by Gasteiger charge is 2.30. The van der Waals surface area contributed by atoms with Crippen LogP contribution < -0.4 is 5.32 Å². The topological polar surface area (TPSA) is 128 Å². The van der Waals surface area contributed by atoms with E-state index < -0.39 is 32.7 Å². The Morgan fingerprint density at radius 2 is 2.12 bits per heavy atom. The number of aryl methyl sites for hydroxylation is 1. The number of carbonyl (C=O) groups is 2. The minimum atomic E-state index is -4.16. The van der Waals surface area contributed by atoms with Crippen molar-refractivity contribution >= 4 is 61.5 Å². The van der Waals surface area contributed by atoms with Crippen LogP contribution in [0.2, 0.25) is 0 Å². The molecule has 4 rings (SSSR count). The molecule has 0 fully saturated rings. The molecule has 1 aliphatic rings. The molecule has 1 N–H and O–H groups in total. The number of thiophene rings is 2. The summed E-state index contributed by atoms with van der Waals surface area (Å²) < 4.78 is 35.5. The van der Waals surface area contributed by atoms with Crippen molar-refractivity contribution in [1.82, 2.24) is 10.2 Å². The first-order valence-electron chi connectivity index (χ1n) is 9.76. The van der Waals surface area contributed by atoms with Crippen molar-refractivity contribution in [2.45, 2.75) is 31.4 Å². The molecule has 0 atom stereocenters. The van der Waals surface area contributed by atoms with E-state index in [2.05, 4.69) is 15.5 Å². The number of fused-ring (bicyclic) bond motifs is 1. The first kappa shape index (κ1) is 22.4. The van der Waals surface area contributed by atoms with Crippen molar-refractivity contribution in [2.24, 2.45) is 0 Å². The highest BCUT2D eigenvalue weighted by atomic mass is 32.2. The molecule has 3 aromatic heterocycles. The number of nitrogens with zero attached hydrogens (tertiary/aromatic N) is 2. The smallest absolute Gasteiger partial charge is 0.341 e. The van der Waals surface area contributed by atoms with Crippen LogP contribution in [0, 0.1) is 0 Å². The number of amides is 1. The van der Waals surface area contributed by atoms with Gasteiger partial charge in [0.25, 0.3) is 0 Å². The van der Waals surface area contributed by atoms with Gasteiger partial charge in [0.15, 0.2) is 0 Å². The SMILES string of the molecule is CCOC(=O)c1c(NC(=O)CS(=O)(=O)c2nnc(C=Cc3cccs3)o2)sc2c1CCC2. The predicted molar refractivity (Wildman–Crippen MR) is 121 cm³/mol. The van der Waals surface area contributed by atoms with Crippen LogP contribution in [0.1, 0.15) is 44.9 Å². The van der Waals surface area contributed by atoms with E-state index in [1.165, 1.54) is 28.7 Å². The molecule has 1 amide bonds. The summed E-state index contributed by atoms with van der Waals surface area (Å²) in [5, 5.41) is 11.4. The van der Waals surface area contributed by atoms with E-state index in [9.17, 15) is 18.0 Å². The predicted octanol–water partition coefficient (Wildman–Crippen LogP) is 3.44. The van der Waals surface area contributed by atoms with Crippen molar-refractivity contribution in [3.05, 3.63) is 44.3 Å². The minimum absolute atomic E-state index is 0.0108. The second-order valence-corrected chi connectivity index (χ2v) is 10.8. The van der Waals surface area contributed by atoms with E-state index >= 15 is 0 Å². The summed E-state index contributed by atoms with van der Waals surface area (Å²) in [4.78, 5) is 26.9. The van der Waals surface area contributed by atoms with E-state index in [1.807, 2.05) is 17.5 Å². The number of hydrogen-bond acceptors (Lipinski definition) is 10.